The summed E-state index contributed by atoms with van der Waals surface area (Å²) in [5, 5.41) is 44.9. The van der Waals surface area contributed by atoms with Crippen LogP contribution in [0.25, 0.3) is 0 Å². The van der Waals surface area contributed by atoms with Gasteiger partial charge in [-0.2, -0.15) is 8.42 Å². The molecule has 0 bridgehead atoms. The van der Waals surface area contributed by atoms with E-state index >= 15 is 0 Å². The van der Waals surface area contributed by atoms with Gasteiger partial charge in [-0.3, -0.25) is 9.35 Å². The second-order valence-electron chi connectivity index (χ2n) is 19.2. The molecule has 0 saturated carbocycles. The lowest BCUT2D eigenvalue weighted by Crippen LogP contribution is -2.61. The predicted octanol–water partition coefficient (Wildman–Crippen LogP) is 12.1. The molecule has 66 heavy (non-hydrogen) atoms. The van der Waals surface area contributed by atoms with E-state index in [9.17, 15) is 38.2 Å². The average Bonchev–Trinajstić information content (AvgIpc) is 3.29. The number of hydrogen-bond acceptors (Lipinski definition) is 10. The molecule has 0 spiro atoms. The maximum atomic E-state index is 13.1. The van der Waals surface area contributed by atoms with Crippen molar-refractivity contribution in [1.29, 1.82) is 0 Å². The van der Waals surface area contributed by atoms with Crippen LogP contribution in [0.5, 0.6) is 0 Å². The molecule has 1 aliphatic heterocycles. The molecular weight excluding hydrogens is 859 g/mol. The summed E-state index contributed by atoms with van der Waals surface area (Å²) in [6.45, 7) is 3.41. The molecule has 7 atom stereocenters. The van der Waals surface area contributed by atoms with Crippen molar-refractivity contribution in [2.24, 2.45) is 0 Å². The van der Waals surface area contributed by atoms with E-state index in [1.54, 1.807) is 6.08 Å². The molecule has 1 amide bonds. The highest BCUT2D eigenvalue weighted by Gasteiger charge is 2.48. The Hall–Kier alpha value is -1.42. The Labute approximate surface area is 403 Å². The van der Waals surface area contributed by atoms with Crippen molar-refractivity contribution in [2.45, 2.75) is 294 Å². The van der Waals surface area contributed by atoms with Crippen LogP contribution in [0.1, 0.15) is 251 Å². The third-order valence-corrected chi connectivity index (χ3v) is 13.4. The van der Waals surface area contributed by atoms with Crippen LogP contribution in [0, 0.1) is 0 Å². The van der Waals surface area contributed by atoms with Gasteiger partial charge in [0.2, 0.25) is 5.91 Å². The van der Waals surface area contributed by atoms with Crippen molar-refractivity contribution >= 4 is 16.3 Å². The standard InChI is InChI=1S/C53H101NO11S/c1-3-5-7-9-11-13-15-17-19-21-23-24-25-26-28-30-32-34-36-38-40-42-47(56)46(45-63-53-51(59)52(65-66(60,61)62)50(58)48(44-55)64-53)54-49(57)43-41-39-37-35-33-31-29-27-22-20-18-16-14-12-10-8-6-4-2/h27,29,40,42,46-48,50-53,55-56,58-59H,3-26,28,30-39,41,43-45H2,1-2H3,(H,54,57)(H,60,61,62)/b29-27-,42-40+. The van der Waals surface area contributed by atoms with Gasteiger partial charge in [0.1, 0.15) is 24.4 Å². The van der Waals surface area contributed by atoms with Crippen LogP contribution in [-0.2, 0) is 28.9 Å². The lowest BCUT2D eigenvalue weighted by Gasteiger charge is -2.41. The first kappa shape index (κ1) is 62.6. The summed E-state index contributed by atoms with van der Waals surface area (Å²) in [4.78, 5) is 13.1. The lowest BCUT2D eigenvalue weighted by atomic mass is 9.99. The molecule has 7 unspecified atom stereocenters. The van der Waals surface area contributed by atoms with E-state index in [1.165, 1.54) is 167 Å². The number of allylic oxidation sites excluding steroid dienone is 3. The minimum Gasteiger partial charge on any atom is -0.394 e. The SMILES string of the molecule is CCCCCCCCCCC/C=C\CCCCCCCC(=O)NC(COC1OC(CO)C(O)C(OS(=O)(=O)O)C1O)C(O)/C=C/CCCCCCCCCCCCCCCCCCCCC. The third kappa shape index (κ3) is 35.7. The third-order valence-electron chi connectivity index (χ3n) is 13.0. The monoisotopic (exact) mass is 960 g/mol. The molecule has 1 aliphatic rings. The minimum absolute atomic E-state index is 0.260. The normalized spacial score (nSPS) is 20.1. The number of carbonyl (C=O) groups is 1. The van der Waals surface area contributed by atoms with Gasteiger partial charge < -0.3 is 35.2 Å². The molecule has 0 aromatic heterocycles. The van der Waals surface area contributed by atoms with Gasteiger partial charge in [0.15, 0.2) is 6.29 Å². The van der Waals surface area contributed by atoms with E-state index in [0.717, 1.165) is 57.8 Å². The van der Waals surface area contributed by atoms with E-state index in [4.69, 9.17) is 9.47 Å². The first-order chi connectivity index (χ1) is 32.0. The van der Waals surface area contributed by atoms with Gasteiger partial charge in [0.25, 0.3) is 0 Å². The number of nitrogens with one attached hydrogen (secondary N) is 1. The van der Waals surface area contributed by atoms with Gasteiger partial charge in [0, 0.05) is 6.42 Å². The summed E-state index contributed by atoms with van der Waals surface area (Å²) in [5.41, 5.74) is 0. The predicted molar refractivity (Wildman–Crippen MR) is 269 cm³/mol. The Morgan fingerprint density at radius 2 is 0.970 bits per heavy atom. The summed E-state index contributed by atoms with van der Waals surface area (Å²) in [5.74, 6) is -0.268. The van der Waals surface area contributed by atoms with Crippen LogP contribution >= 0.6 is 0 Å². The molecule has 12 nitrogen and oxygen atoms in total. The van der Waals surface area contributed by atoms with Crippen molar-refractivity contribution in [3.05, 3.63) is 24.3 Å². The van der Waals surface area contributed by atoms with Crippen molar-refractivity contribution in [3.63, 3.8) is 0 Å². The van der Waals surface area contributed by atoms with E-state index in [-0.39, 0.29) is 18.9 Å². The second kappa shape index (κ2) is 43.6. The Balaban J connectivity index is 2.43. The molecule has 0 radical (unpaired) electrons. The highest BCUT2D eigenvalue weighted by molar-refractivity contribution is 7.80. The maximum Gasteiger partial charge on any atom is 0.397 e. The molecule has 13 heteroatoms. The fourth-order valence-electron chi connectivity index (χ4n) is 8.74. The molecule has 1 heterocycles. The molecule has 6 N–H and O–H groups in total. The molecule has 0 aliphatic carbocycles. The highest BCUT2D eigenvalue weighted by atomic mass is 32.3. The fraction of sp³-hybridized carbons (Fsp3) is 0.906. The number of ether oxygens (including phenoxy) is 2. The van der Waals surface area contributed by atoms with Crippen LogP contribution in [-0.4, -0.2) is 95.4 Å². The zero-order chi connectivity index (χ0) is 48.4. The van der Waals surface area contributed by atoms with E-state index in [1.807, 2.05) is 6.08 Å². The fourth-order valence-corrected chi connectivity index (χ4v) is 9.25. The Morgan fingerprint density at radius 1 is 0.591 bits per heavy atom. The zero-order valence-electron chi connectivity index (χ0n) is 42.0. The van der Waals surface area contributed by atoms with Gasteiger partial charge in [0.05, 0.1) is 25.4 Å². The van der Waals surface area contributed by atoms with Crippen LogP contribution in [0.2, 0.25) is 0 Å². The van der Waals surface area contributed by atoms with E-state index in [2.05, 4.69) is 35.5 Å². The summed E-state index contributed by atoms with van der Waals surface area (Å²) in [7, 11) is -5.09. The quantitative estimate of drug-likeness (QED) is 0.0193. The van der Waals surface area contributed by atoms with Crippen LogP contribution in [0.3, 0.4) is 0 Å². The van der Waals surface area contributed by atoms with Gasteiger partial charge >= 0.3 is 10.4 Å². The van der Waals surface area contributed by atoms with Gasteiger partial charge in [-0.25, -0.2) is 4.18 Å². The van der Waals surface area contributed by atoms with Gasteiger partial charge in [-0.05, 0) is 44.9 Å². The van der Waals surface area contributed by atoms with E-state index < -0.39 is 59.9 Å². The van der Waals surface area contributed by atoms with E-state index in [0.29, 0.717) is 6.42 Å². The molecule has 1 saturated heterocycles. The Kier molecular flexibility index (Phi) is 41.3. The molecule has 1 fully saturated rings. The van der Waals surface area contributed by atoms with Crippen molar-refractivity contribution < 1.29 is 51.8 Å². The number of aliphatic hydroxyl groups is 4. The first-order valence-electron chi connectivity index (χ1n) is 27.2. The molecule has 1 rings (SSSR count). The van der Waals surface area contributed by atoms with Gasteiger partial charge in [-0.15, -0.1) is 0 Å². The number of rotatable bonds is 47. The highest BCUT2D eigenvalue weighted by Crippen LogP contribution is 2.26. The minimum atomic E-state index is -5.09. The van der Waals surface area contributed by atoms with Crippen molar-refractivity contribution in [1.82, 2.24) is 5.32 Å². The largest absolute Gasteiger partial charge is 0.397 e. The van der Waals surface area contributed by atoms with Crippen molar-refractivity contribution in [3.8, 4) is 0 Å². The molecule has 390 valence electrons. The van der Waals surface area contributed by atoms with Crippen LogP contribution in [0.4, 0.5) is 0 Å². The smallest absolute Gasteiger partial charge is 0.394 e. The number of amides is 1. The number of carbonyl (C=O) groups excluding carboxylic acids is 1. The summed E-state index contributed by atoms with van der Waals surface area (Å²) < 4.78 is 47.8. The number of hydrogen-bond donors (Lipinski definition) is 6. The van der Waals surface area contributed by atoms with Gasteiger partial charge in [-0.1, -0.05) is 224 Å². The summed E-state index contributed by atoms with van der Waals surface area (Å²) >= 11 is 0. The Morgan fingerprint density at radius 3 is 1.36 bits per heavy atom. The maximum absolute atomic E-state index is 13.1. The van der Waals surface area contributed by atoms with Crippen LogP contribution < -0.4 is 5.32 Å². The molecule has 0 aromatic rings. The lowest BCUT2D eigenvalue weighted by molar-refractivity contribution is -0.298. The summed E-state index contributed by atoms with van der Waals surface area (Å²) in [6.07, 6.45) is 43.6. The Bertz CT molecular complexity index is 1270. The molecule has 0 aromatic carbocycles. The number of unbranched alkanes of at least 4 members (excludes halogenated alkanes) is 33. The molecular formula is C53H101NO11S. The number of aliphatic hydroxyl groups excluding tert-OH is 4. The summed E-state index contributed by atoms with van der Waals surface area (Å²) in [6, 6.07) is -0.947. The van der Waals surface area contributed by atoms with Crippen molar-refractivity contribution in [2.75, 3.05) is 13.2 Å². The first-order valence-corrected chi connectivity index (χ1v) is 28.6. The average molecular weight is 960 g/mol. The zero-order valence-corrected chi connectivity index (χ0v) is 42.8. The van der Waals surface area contributed by atoms with Crippen LogP contribution in [0.15, 0.2) is 24.3 Å². The topological polar surface area (TPSA) is 192 Å². The second-order valence-corrected chi connectivity index (χ2v) is 20.2.